The number of hydrogen-bond donors (Lipinski definition) is 1. The van der Waals surface area contributed by atoms with Gasteiger partial charge in [-0.25, -0.2) is 4.39 Å². The molecule has 0 aliphatic rings. The number of ether oxygens (including phenoxy) is 2. The van der Waals surface area contributed by atoms with Crippen molar-refractivity contribution in [1.82, 2.24) is 0 Å². The normalized spacial score (nSPS) is 12.1. The minimum atomic E-state index is -0.518. The van der Waals surface area contributed by atoms with Gasteiger partial charge < -0.3 is 15.2 Å². The average molecular weight is 275 g/mol. The average Bonchev–Trinajstić information content (AvgIpc) is 2.46. The Kier molecular flexibility index (Phi) is 4.25. The van der Waals surface area contributed by atoms with E-state index in [4.69, 9.17) is 15.2 Å². The number of halogens is 1. The van der Waals surface area contributed by atoms with E-state index in [-0.39, 0.29) is 5.82 Å². The van der Waals surface area contributed by atoms with Crippen LogP contribution in [0, 0.1) is 12.7 Å². The standard InChI is InChI=1S/C16H18FNO2/c1-10-4-6-14(19-2)12(8-10)16(18)13-9-11(17)5-7-15(13)20-3/h4-9,16H,18H2,1-3H3. The van der Waals surface area contributed by atoms with Crippen molar-refractivity contribution < 1.29 is 13.9 Å². The van der Waals surface area contributed by atoms with Crippen molar-refractivity contribution in [3.63, 3.8) is 0 Å². The van der Waals surface area contributed by atoms with Gasteiger partial charge in [0.15, 0.2) is 0 Å². The Morgan fingerprint density at radius 2 is 1.50 bits per heavy atom. The second-order valence-corrected chi connectivity index (χ2v) is 4.61. The fourth-order valence-electron chi connectivity index (χ4n) is 2.21. The monoisotopic (exact) mass is 275 g/mol. The first-order valence-electron chi connectivity index (χ1n) is 6.30. The van der Waals surface area contributed by atoms with Gasteiger partial charge in [-0.2, -0.15) is 0 Å². The maximum atomic E-state index is 13.5. The Balaban J connectivity index is 2.53. The van der Waals surface area contributed by atoms with Crippen LogP contribution in [0.4, 0.5) is 4.39 Å². The van der Waals surface area contributed by atoms with Crippen molar-refractivity contribution in [2.45, 2.75) is 13.0 Å². The van der Waals surface area contributed by atoms with Crippen LogP contribution in [0.2, 0.25) is 0 Å². The minimum Gasteiger partial charge on any atom is -0.496 e. The summed E-state index contributed by atoms with van der Waals surface area (Å²) in [6.45, 7) is 1.97. The van der Waals surface area contributed by atoms with Gasteiger partial charge in [-0.1, -0.05) is 17.7 Å². The van der Waals surface area contributed by atoms with Crippen LogP contribution in [0.1, 0.15) is 22.7 Å². The van der Waals surface area contributed by atoms with Crippen molar-refractivity contribution in [3.8, 4) is 11.5 Å². The highest BCUT2D eigenvalue weighted by Gasteiger charge is 2.18. The van der Waals surface area contributed by atoms with E-state index in [0.717, 1.165) is 11.1 Å². The van der Waals surface area contributed by atoms with E-state index in [0.29, 0.717) is 17.1 Å². The molecule has 0 amide bonds. The molecule has 0 radical (unpaired) electrons. The first kappa shape index (κ1) is 14.3. The summed E-state index contributed by atoms with van der Waals surface area (Å²) in [6, 6.07) is 9.54. The van der Waals surface area contributed by atoms with Gasteiger partial charge in [-0.15, -0.1) is 0 Å². The van der Waals surface area contributed by atoms with Crippen LogP contribution in [0.15, 0.2) is 36.4 Å². The van der Waals surface area contributed by atoms with Crippen LogP contribution in [0.25, 0.3) is 0 Å². The molecule has 4 heteroatoms. The van der Waals surface area contributed by atoms with E-state index in [1.54, 1.807) is 13.2 Å². The molecular weight excluding hydrogens is 257 g/mol. The fourth-order valence-corrected chi connectivity index (χ4v) is 2.21. The molecule has 2 aromatic carbocycles. The maximum absolute atomic E-state index is 13.5. The summed E-state index contributed by atoms with van der Waals surface area (Å²) in [6.07, 6.45) is 0. The third kappa shape index (κ3) is 2.75. The van der Waals surface area contributed by atoms with Crippen LogP contribution in [-0.4, -0.2) is 14.2 Å². The predicted molar refractivity (Wildman–Crippen MR) is 76.7 cm³/mol. The molecule has 0 aliphatic carbocycles. The van der Waals surface area contributed by atoms with Crippen LogP contribution < -0.4 is 15.2 Å². The van der Waals surface area contributed by atoms with Crippen molar-refractivity contribution in [1.29, 1.82) is 0 Å². The molecule has 0 fully saturated rings. The largest absolute Gasteiger partial charge is 0.496 e. The zero-order valence-electron chi connectivity index (χ0n) is 11.8. The molecule has 0 saturated carbocycles. The Labute approximate surface area is 118 Å². The number of methoxy groups -OCH3 is 2. The zero-order valence-corrected chi connectivity index (χ0v) is 11.8. The highest BCUT2D eigenvalue weighted by molar-refractivity contribution is 5.47. The molecule has 0 aliphatic heterocycles. The maximum Gasteiger partial charge on any atom is 0.124 e. The van der Waals surface area contributed by atoms with Crippen molar-refractivity contribution in [2.24, 2.45) is 5.73 Å². The van der Waals surface area contributed by atoms with Gasteiger partial charge in [0, 0.05) is 11.1 Å². The second kappa shape index (κ2) is 5.92. The summed E-state index contributed by atoms with van der Waals surface area (Å²) < 4.78 is 24.1. The molecule has 0 heterocycles. The number of aryl methyl sites for hydroxylation is 1. The summed E-state index contributed by atoms with van der Waals surface area (Å²) in [5, 5.41) is 0. The molecule has 106 valence electrons. The SMILES string of the molecule is COc1ccc(C)cc1C(N)c1cc(F)ccc1OC. The van der Waals surface area contributed by atoms with E-state index in [9.17, 15) is 4.39 Å². The quantitative estimate of drug-likeness (QED) is 0.932. The molecule has 20 heavy (non-hydrogen) atoms. The number of nitrogens with two attached hydrogens (primary N) is 1. The fraction of sp³-hybridized carbons (Fsp3) is 0.250. The summed E-state index contributed by atoms with van der Waals surface area (Å²) in [4.78, 5) is 0. The Hall–Kier alpha value is -2.07. The van der Waals surface area contributed by atoms with Gasteiger partial charge >= 0.3 is 0 Å². The number of hydrogen-bond acceptors (Lipinski definition) is 3. The van der Waals surface area contributed by atoms with Crippen molar-refractivity contribution in [3.05, 3.63) is 58.9 Å². The zero-order chi connectivity index (χ0) is 14.7. The predicted octanol–water partition coefficient (Wildman–Crippen LogP) is 3.20. The van der Waals surface area contributed by atoms with Crippen molar-refractivity contribution >= 4 is 0 Å². The lowest BCUT2D eigenvalue weighted by Crippen LogP contribution is -2.14. The Morgan fingerprint density at radius 3 is 2.10 bits per heavy atom. The van der Waals surface area contributed by atoms with Gasteiger partial charge in [-0.3, -0.25) is 0 Å². The Morgan fingerprint density at radius 1 is 0.950 bits per heavy atom. The van der Waals surface area contributed by atoms with Crippen LogP contribution in [-0.2, 0) is 0 Å². The molecule has 2 rings (SSSR count). The van der Waals surface area contributed by atoms with E-state index in [2.05, 4.69) is 0 Å². The second-order valence-electron chi connectivity index (χ2n) is 4.61. The molecule has 0 spiro atoms. The van der Waals surface area contributed by atoms with E-state index < -0.39 is 6.04 Å². The lowest BCUT2D eigenvalue weighted by atomic mass is 9.96. The Bertz CT molecular complexity index is 560. The van der Waals surface area contributed by atoms with E-state index >= 15 is 0 Å². The van der Waals surface area contributed by atoms with Crippen LogP contribution in [0.3, 0.4) is 0 Å². The van der Waals surface area contributed by atoms with Gasteiger partial charge in [0.25, 0.3) is 0 Å². The molecule has 1 unspecified atom stereocenters. The highest BCUT2D eigenvalue weighted by atomic mass is 19.1. The molecule has 3 nitrogen and oxygen atoms in total. The third-order valence-electron chi connectivity index (χ3n) is 3.25. The van der Waals surface area contributed by atoms with E-state index in [1.807, 2.05) is 25.1 Å². The van der Waals surface area contributed by atoms with Crippen LogP contribution in [0.5, 0.6) is 11.5 Å². The molecule has 0 aromatic heterocycles. The number of benzene rings is 2. The first-order valence-corrected chi connectivity index (χ1v) is 6.30. The summed E-state index contributed by atoms with van der Waals surface area (Å²) in [7, 11) is 3.13. The van der Waals surface area contributed by atoms with Crippen molar-refractivity contribution in [2.75, 3.05) is 14.2 Å². The van der Waals surface area contributed by atoms with E-state index in [1.165, 1.54) is 19.2 Å². The molecule has 2 aromatic rings. The highest BCUT2D eigenvalue weighted by Crippen LogP contribution is 2.34. The number of rotatable bonds is 4. The third-order valence-corrected chi connectivity index (χ3v) is 3.25. The van der Waals surface area contributed by atoms with Gasteiger partial charge in [0.2, 0.25) is 0 Å². The van der Waals surface area contributed by atoms with Crippen LogP contribution >= 0.6 is 0 Å². The topological polar surface area (TPSA) is 44.5 Å². The van der Waals surface area contributed by atoms with Gasteiger partial charge in [-0.05, 0) is 31.2 Å². The molecule has 0 bridgehead atoms. The summed E-state index contributed by atoms with van der Waals surface area (Å²) in [5.74, 6) is 0.889. The van der Waals surface area contributed by atoms with Gasteiger partial charge in [0.05, 0.1) is 20.3 Å². The first-order chi connectivity index (χ1) is 9.56. The van der Waals surface area contributed by atoms with Gasteiger partial charge in [0.1, 0.15) is 17.3 Å². The lowest BCUT2D eigenvalue weighted by molar-refractivity contribution is 0.399. The molecular formula is C16H18FNO2. The smallest absolute Gasteiger partial charge is 0.124 e. The molecule has 2 N–H and O–H groups in total. The molecule has 0 saturated heterocycles. The molecule has 1 atom stereocenters. The summed E-state index contributed by atoms with van der Waals surface area (Å²) >= 11 is 0. The lowest BCUT2D eigenvalue weighted by Gasteiger charge is -2.19. The summed E-state index contributed by atoms with van der Waals surface area (Å²) in [5.41, 5.74) is 8.74. The minimum absolute atomic E-state index is 0.345.